The Morgan fingerprint density at radius 1 is 1.14 bits per heavy atom. The van der Waals surface area contributed by atoms with Crippen molar-refractivity contribution >= 4 is 27.0 Å². The van der Waals surface area contributed by atoms with Gasteiger partial charge in [0.1, 0.15) is 11.0 Å². The highest BCUT2D eigenvalue weighted by molar-refractivity contribution is 7.89. The van der Waals surface area contributed by atoms with Crippen molar-refractivity contribution < 1.29 is 17.9 Å². The van der Waals surface area contributed by atoms with E-state index in [0.717, 1.165) is 10.4 Å². The summed E-state index contributed by atoms with van der Waals surface area (Å²) in [5, 5.41) is 10.4. The first kappa shape index (κ1) is 19.3. The third-order valence-corrected chi connectivity index (χ3v) is 6.63. The monoisotopic (exact) mass is 416 g/mol. The van der Waals surface area contributed by atoms with Gasteiger partial charge in [-0.25, -0.2) is 8.42 Å². The summed E-state index contributed by atoms with van der Waals surface area (Å²) in [6.45, 7) is 1.75. The van der Waals surface area contributed by atoms with Gasteiger partial charge >= 0.3 is 0 Å². The lowest BCUT2D eigenvalue weighted by molar-refractivity contribution is 0.0730. The molecule has 1 aliphatic rings. The van der Waals surface area contributed by atoms with Gasteiger partial charge in [0, 0.05) is 25.2 Å². The number of nitrogens with zero attached hydrogens (tertiary/aromatic N) is 4. The summed E-state index contributed by atoms with van der Waals surface area (Å²) in [5.41, 5.74) is 2.36. The molecule has 0 spiro atoms. The molecule has 1 aliphatic heterocycles. The standard InChI is InChI=1S/C18H20N6O4S/c19-24-17-11-14(3-6-16(17)21-22-24)18(25)20-12-13-1-4-15(5-2-13)29(26,27)23-7-9-28-10-8-23/h1-6,11H,7-10,12,19H2,(H,20,25). The Bertz CT molecular complexity index is 1140. The van der Waals surface area contributed by atoms with Gasteiger partial charge in [-0.15, -0.1) is 5.10 Å². The summed E-state index contributed by atoms with van der Waals surface area (Å²) in [4.78, 5) is 13.7. The van der Waals surface area contributed by atoms with Crippen LogP contribution in [-0.2, 0) is 21.3 Å². The van der Waals surface area contributed by atoms with E-state index in [-0.39, 0.29) is 17.3 Å². The molecule has 4 rings (SSSR count). The number of benzene rings is 2. The average molecular weight is 416 g/mol. The minimum Gasteiger partial charge on any atom is -0.379 e. The second-order valence-corrected chi connectivity index (χ2v) is 8.52. The lowest BCUT2D eigenvalue weighted by Crippen LogP contribution is -2.40. The van der Waals surface area contributed by atoms with Gasteiger partial charge in [-0.1, -0.05) is 12.1 Å². The highest BCUT2D eigenvalue weighted by atomic mass is 32.2. The van der Waals surface area contributed by atoms with Crippen LogP contribution in [0.15, 0.2) is 47.4 Å². The van der Waals surface area contributed by atoms with Crippen molar-refractivity contribution in [3.8, 4) is 0 Å². The summed E-state index contributed by atoms with van der Waals surface area (Å²) in [5.74, 6) is 5.39. The number of morpholine rings is 1. The number of carbonyl (C=O) groups excluding carboxylic acids is 1. The molecule has 3 N–H and O–H groups in total. The lowest BCUT2D eigenvalue weighted by Gasteiger charge is -2.26. The number of ether oxygens (including phenoxy) is 1. The lowest BCUT2D eigenvalue weighted by atomic mass is 10.1. The van der Waals surface area contributed by atoms with Crippen LogP contribution in [0.3, 0.4) is 0 Å². The number of fused-ring (bicyclic) bond motifs is 1. The Hall–Kier alpha value is -3.02. The molecule has 0 unspecified atom stereocenters. The van der Waals surface area contributed by atoms with Crippen LogP contribution < -0.4 is 11.2 Å². The van der Waals surface area contributed by atoms with E-state index in [0.29, 0.717) is 42.9 Å². The van der Waals surface area contributed by atoms with E-state index in [4.69, 9.17) is 10.6 Å². The van der Waals surface area contributed by atoms with E-state index >= 15 is 0 Å². The molecule has 1 amide bonds. The summed E-state index contributed by atoms with van der Waals surface area (Å²) in [7, 11) is -3.53. The number of sulfonamides is 1. The number of nitrogens with one attached hydrogen (secondary N) is 1. The quantitative estimate of drug-likeness (QED) is 0.564. The first-order valence-corrected chi connectivity index (χ1v) is 10.4. The third-order valence-electron chi connectivity index (χ3n) is 4.72. The third kappa shape index (κ3) is 3.92. The Morgan fingerprint density at radius 3 is 2.59 bits per heavy atom. The van der Waals surface area contributed by atoms with Gasteiger partial charge in [0.15, 0.2) is 0 Å². The number of carbonyl (C=O) groups is 1. The van der Waals surface area contributed by atoms with Crippen molar-refractivity contribution in [1.29, 1.82) is 0 Å². The fourth-order valence-corrected chi connectivity index (χ4v) is 4.48. The highest BCUT2D eigenvalue weighted by Gasteiger charge is 2.26. The van der Waals surface area contributed by atoms with Crippen molar-refractivity contribution in [1.82, 2.24) is 24.7 Å². The zero-order chi connectivity index (χ0) is 20.4. The molecule has 2 heterocycles. The van der Waals surface area contributed by atoms with Crippen molar-refractivity contribution in [2.75, 3.05) is 32.1 Å². The maximum absolute atomic E-state index is 12.6. The molecule has 1 aromatic heterocycles. The maximum atomic E-state index is 12.6. The van der Waals surface area contributed by atoms with Crippen LogP contribution in [-0.4, -0.2) is 60.0 Å². The Kier molecular flexibility index (Phi) is 5.18. The molecule has 10 nitrogen and oxygen atoms in total. The SMILES string of the molecule is Nn1nnc2ccc(C(=O)NCc3ccc(S(=O)(=O)N4CCOCC4)cc3)cc21. The highest BCUT2D eigenvalue weighted by Crippen LogP contribution is 2.18. The largest absolute Gasteiger partial charge is 0.379 e. The molecule has 1 fully saturated rings. The molecule has 29 heavy (non-hydrogen) atoms. The second kappa shape index (κ2) is 7.78. The Morgan fingerprint density at radius 2 is 1.86 bits per heavy atom. The number of nitrogens with two attached hydrogens (primary N) is 1. The van der Waals surface area contributed by atoms with Crippen molar-refractivity contribution in [2.45, 2.75) is 11.4 Å². The maximum Gasteiger partial charge on any atom is 0.251 e. The molecule has 0 bridgehead atoms. The predicted octanol–water partition coefficient (Wildman–Crippen LogP) is 0.0960. The zero-order valence-corrected chi connectivity index (χ0v) is 16.3. The fourth-order valence-electron chi connectivity index (χ4n) is 3.08. The second-order valence-electron chi connectivity index (χ2n) is 6.58. The topological polar surface area (TPSA) is 132 Å². The molecule has 0 atom stereocenters. The van der Waals surface area contributed by atoms with Gasteiger partial charge in [0.05, 0.1) is 18.1 Å². The van der Waals surface area contributed by atoms with E-state index in [9.17, 15) is 13.2 Å². The predicted molar refractivity (Wildman–Crippen MR) is 105 cm³/mol. The first-order chi connectivity index (χ1) is 13.9. The molecule has 152 valence electrons. The minimum atomic E-state index is -3.53. The number of hydrogen-bond acceptors (Lipinski definition) is 7. The number of amides is 1. The van der Waals surface area contributed by atoms with Crippen LogP contribution in [0.2, 0.25) is 0 Å². The van der Waals surface area contributed by atoms with Gasteiger partial charge < -0.3 is 15.9 Å². The van der Waals surface area contributed by atoms with Gasteiger partial charge in [-0.05, 0) is 41.1 Å². The van der Waals surface area contributed by atoms with E-state index in [1.807, 2.05) is 0 Å². The molecule has 0 radical (unpaired) electrons. The fraction of sp³-hybridized carbons (Fsp3) is 0.278. The smallest absolute Gasteiger partial charge is 0.251 e. The molecule has 11 heteroatoms. The zero-order valence-electron chi connectivity index (χ0n) is 15.5. The summed E-state index contributed by atoms with van der Waals surface area (Å²) in [6, 6.07) is 11.4. The molecule has 0 saturated carbocycles. The molecule has 1 saturated heterocycles. The van der Waals surface area contributed by atoms with Crippen molar-refractivity contribution in [3.63, 3.8) is 0 Å². The Balaban J connectivity index is 1.42. The summed E-state index contributed by atoms with van der Waals surface area (Å²) < 4.78 is 31.9. The summed E-state index contributed by atoms with van der Waals surface area (Å²) >= 11 is 0. The molecular formula is C18H20N6O4S. The molecule has 3 aromatic rings. The average Bonchev–Trinajstić information content (AvgIpc) is 3.13. The van der Waals surface area contributed by atoms with Gasteiger partial charge in [0.25, 0.3) is 5.91 Å². The molecular weight excluding hydrogens is 396 g/mol. The first-order valence-electron chi connectivity index (χ1n) is 9.01. The summed E-state index contributed by atoms with van der Waals surface area (Å²) in [6.07, 6.45) is 0. The Labute approximate surface area is 167 Å². The van der Waals surface area contributed by atoms with Crippen molar-refractivity contribution in [3.05, 3.63) is 53.6 Å². The van der Waals surface area contributed by atoms with E-state index in [2.05, 4.69) is 15.6 Å². The van der Waals surface area contributed by atoms with Crippen LogP contribution in [0.1, 0.15) is 15.9 Å². The van der Waals surface area contributed by atoms with Gasteiger partial charge in [-0.2, -0.15) is 9.10 Å². The normalized spacial score (nSPS) is 15.4. The van der Waals surface area contributed by atoms with E-state index < -0.39 is 10.0 Å². The number of rotatable bonds is 5. The number of hydrogen-bond donors (Lipinski definition) is 2. The van der Waals surface area contributed by atoms with Gasteiger partial charge in [-0.3, -0.25) is 4.79 Å². The van der Waals surface area contributed by atoms with Crippen molar-refractivity contribution in [2.24, 2.45) is 0 Å². The molecule has 2 aromatic carbocycles. The van der Waals surface area contributed by atoms with Crippen LogP contribution in [0, 0.1) is 0 Å². The van der Waals surface area contributed by atoms with Gasteiger partial charge in [0.2, 0.25) is 10.0 Å². The van der Waals surface area contributed by atoms with Crippen LogP contribution in [0.25, 0.3) is 11.0 Å². The number of nitrogen functional groups attached to an aromatic ring is 1. The number of aromatic nitrogens is 3. The van der Waals surface area contributed by atoms with Crippen LogP contribution >= 0.6 is 0 Å². The van der Waals surface area contributed by atoms with Crippen LogP contribution in [0.5, 0.6) is 0 Å². The molecule has 0 aliphatic carbocycles. The van der Waals surface area contributed by atoms with E-state index in [1.165, 1.54) is 4.31 Å². The van der Waals surface area contributed by atoms with Crippen LogP contribution in [0.4, 0.5) is 0 Å². The minimum absolute atomic E-state index is 0.226. The van der Waals surface area contributed by atoms with E-state index in [1.54, 1.807) is 42.5 Å².